The summed E-state index contributed by atoms with van der Waals surface area (Å²) >= 11 is 3.30. The van der Waals surface area contributed by atoms with Gasteiger partial charge in [0.1, 0.15) is 0 Å². The molecule has 0 saturated carbocycles. The highest BCUT2D eigenvalue weighted by Gasteiger charge is 2.11. The van der Waals surface area contributed by atoms with Gasteiger partial charge in [-0.2, -0.15) is 0 Å². The fourth-order valence-electron chi connectivity index (χ4n) is 2.08. The van der Waals surface area contributed by atoms with E-state index in [9.17, 15) is 10.1 Å². The van der Waals surface area contributed by atoms with Crippen LogP contribution in [0, 0.1) is 10.1 Å². The van der Waals surface area contributed by atoms with Crippen LogP contribution in [-0.2, 0) is 6.54 Å². The topological polar surface area (TPSA) is 55.2 Å². The van der Waals surface area contributed by atoms with Gasteiger partial charge in [0.25, 0.3) is 5.69 Å². The lowest BCUT2D eigenvalue weighted by molar-refractivity contribution is -0.385. The third-order valence-corrected chi connectivity index (χ3v) is 3.47. The van der Waals surface area contributed by atoms with Gasteiger partial charge >= 0.3 is 0 Å². The van der Waals surface area contributed by atoms with Crippen molar-refractivity contribution in [3.63, 3.8) is 0 Å². The summed E-state index contributed by atoms with van der Waals surface area (Å²) in [6.45, 7) is 0.665. The summed E-state index contributed by atoms with van der Waals surface area (Å²) in [5.41, 5.74) is 1.07. The predicted octanol–water partition coefficient (Wildman–Crippen LogP) is 3.56. The van der Waals surface area contributed by atoms with Gasteiger partial charge in [0.05, 0.1) is 4.92 Å². The van der Waals surface area contributed by atoms with Gasteiger partial charge in [0.2, 0.25) is 0 Å². The lowest BCUT2D eigenvalue weighted by Gasteiger charge is -2.19. The van der Waals surface area contributed by atoms with Crippen molar-refractivity contribution in [1.29, 1.82) is 0 Å². The Bertz CT molecular complexity index is 474. The van der Waals surface area contributed by atoms with Gasteiger partial charge in [-0.25, -0.2) is 0 Å². The molecule has 0 spiro atoms. The first-order chi connectivity index (χ1) is 8.65. The monoisotopic (exact) mass is 310 g/mol. The molecule has 0 aromatic heterocycles. The van der Waals surface area contributed by atoms with Crippen LogP contribution in [0.4, 0.5) is 5.69 Å². The molecule has 0 radical (unpaired) electrons. The number of non-ortho nitro benzene ring substituents is 1. The Balaban J connectivity index is 2.00. The summed E-state index contributed by atoms with van der Waals surface area (Å²) in [6.07, 6.45) is 7.66. The van der Waals surface area contributed by atoms with Crippen molar-refractivity contribution in [1.82, 2.24) is 5.32 Å². The first kappa shape index (κ1) is 13.2. The molecule has 5 heteroatoms. The minimum atomic E-state index is -0.363. The summed E-state index contributed by atoms with van der Waals surface area (Å²) < 4.78 is 0.747. The number of benzene rings is 1. The molecule has 1 aromatic rings. The van der Waals surface area contributed by atoms with Gasteiger partial charge in [0, 0.05) is 29.2 Å². The molecule has 0 bridgehead atoms. The van der Waals surface area contributed by atoms with E-state index in [1.807, 2.05) is 6.07 Å². The van der Waals surface area contributed by atoms with Crippen LogP contribution in [-0.4, -0.2) is 11.0 Å². The third-order valence-electron chi connectivity index (χ3n) is 3.02. The number of hydrogen-bond acceptors (Lipinski definition) is 3. The average molecular weight is 311 g/mol. The number of allylic oxidation sites excluding steroid dienone is 1. The summed E-state index contributed by atoms with van der Waals surface area (Å²) in [5, 5.41) is 14.2. The molecule has 1 aliphatic carbocycles. The van der Waals surface area contributed by atoms with Gasteiger partial charge in [-0.1, -0.05) is 28.1 Å². The second-order valence-electron chi connectivity index (χ2n) is 4.44. The fraction of sp³-hybridized carbons (Fsp3) is 0.385. The summed E-state index contributed by atoms with van der Waals surface area (Å²) in [5.74, 6) is 0. The molecule has 0 amide bonds. The smallest absolute Gasteiger partial charge is 0.270 e. The van der Waals surface area contributed by atoms with Crippen molar-refractivity contribution in [3.05, 3.63) is 50.5 Å². The zero-order valence-electron chi connectivity index (χ0n) is 9.93. The zero-order valence-corrected chi connectivity index (χ0v) is 11.5. The van der Waals surface area contributed by atoms with Gasteiger partial charge in [-0.3, -0.25) is 10.1 Å². The molecule has 2 rings (SSSR count). The lowest BCUT2D eigenvalue weighted by atomic mass is 10.0. The molecule has 18 heavy (non-hydrogen) atoms. The van der Waals surface area contributed by atoms with E-state index < -0.39 is 0 Å². The van der Waals surface area contributed by atoms with Crippen LogP contribution in [0.2, 0.25) is 0 Å². The first-order valence-electron chi connectivity index (χ1n) is 5.97. The Hall–Kier alpha value is -1.20. The Morgan fingerprint density at radius 1 is 1.39 bits per heavy atom. The maximum absolute atomic E-state index is 10.8. The van der Waals surface area contributed by atoms with Crippen LogP contribution in [0.5, 0.6) is 0 Å². The molecule has 1 aliphatic rings. The van der Waals surface area contributed by atoms with Crippen molar-refractivity contribution >= 4 is 21.6 Å². The van der Waals surface area contributed by atoms with E-state index in [1.165, 1.54) is 6.07 Å². The normalized spacial score (nSPS) is 18.8. The summed E-state index contributed by atoms with van der Waals surface area (Å²) in [7, 11) is 0. The Kier molecular flexibility index (Phi) is 4.49. The molecule has 1 N–H and O–H groups in total. The minimum absolute atomic E-state index is 0.129. The van der Waals surface area contributed by atoms with E-state index in [-0.39, 0.29) is 10.6 Å². The highest BCUT2D eigenvalue weighted by Crippen LogP contribution is 2.21. The SMILES string of the molecule is O=[N+]([O-])c1cc(Br)cc(CNC2CC=CCC2)c1. The maximum atomic E-state index is 10.8. The van der Waals surface area contributed by atoms with E-state index in [0.29, 0.717) is 12.6 Å². The van der Waals surface area contributed by atoms with Crippen molar-refractivity contribution < 1.29 is 4.92 Å². The number of rotatable bonds is 4. The molecule has 1 aromatic carbocycles. The highest BCUT2D eigenvalue weighted by atomic mass is 79.9. The van der Waals surface area contributed by atoms with Crippen molar-refractivity contribution in [3.8, 4) is 0 Å². The molecule has 4 nitrogen and oxygen atoms in total. The molecule has 96 valence electrons. The number of halogens is 1. The van der Waals surface area contributed by atoms with Crippen LogP contribution in [0.15, 0.2) is 34.8 Å². The third kappa shape index (κ3) is 3.65. The number of nitro benzene ring substituents is 1. The molecule has 1 unspecified atom stereocenters. The van der Waals surface area contributed by atoms with Gasteiger partial charge in [-0.15, -0.1) is 0 Å². The number of nitrogens with one attached hydrogen (secondary N) is 1. The Morgan fingerprint density at radius 3 is 2.89 bits per heavy atom. The molecule has 0 heterocycles. The Labute approximate surface area is 114 Å². The number of nitrogens with zero attached hydrogens (tertiary/aromatic N) is 1. The molecule has 0 fully saturated rings. The molecular weight excluding hydrogens is 296 g/mol. The standard InChI is InChI=1S/C13H15BrN2O2/c14-11-6-10(7-13(8-11)16(17)18)9-15-12-4-2-1-3-5-12/h1-2,6-8,12,15H,3-5,9H2. The second-order valence-corrected chi connectivity index (χ2v) is 5.35. The fourth-order valence-corrected chi connectivity index (χ4v) is 2.61. The van der Waals surface area contributed by atoms with E-state index in [1.54, 1.807) is 6.07 Å². The molecular formula is C13H15BrN2O2. The van der Waals surface area contributed by atoms with E-state index in [0.717, 1.165) is 29.3 Å². The van der Waals surface area contributed by atoms with Crippen LogP contribution in [0.3, 0.4) is 0 Å². The summed E-state index contributed by atoms with van der Waals surface area (Å²) in [6, 6.07) is 5.54. The van der Waals surface area contributed by atoms with E-state index >= 15 is 0 Å². The minimum Gasteiger partial charge on any atom is -0.310 e. The second kappa shape index (κ2) is 6.11. The number of nitro groups is 1. The summed E-state index contributed by atoms with van der Waals surface area (Å²) in [4.78, 5) is 10.4. The van der Waals surface area contributed by atoms with Gasteiger partial charge in [-0.05, 0) is 30.9 Å². The van der Waals surface area contributed by atoms with Crippen LogP contribution < -0.4 is 5.32 Å². The van der Waals surface area contributed by atoms with E-state index in [2.05, 4.69) is 33.4 Å². The van der Waals surface area contributed by atoms with Gasteiger partial charge < -0.3 is 5.32 Å². The first-order valence-corrected chi connectivity index (χ1v) is 6.76. The van der Waals surface area contributed by atoms with Crippen LogP contribution in [0.1, 0.15) is 24.8 Å². The van der Waals surface area contributed by atoms with Crippen molar-refractivity contribution in [2.45, 2.75) is 31.8 Å². The maximum Gasteiger partial charge on any atom is 0.270 e. The van der Waals surface area contributed by atoms with Crippen LogP contribution in [0.25, 0.3) is 0 Å². The quantitative estimate of drug-likeness (QED) is 0.525. The zero-order chi connectivity index (χ0) is 13.0. The highest BCUT2D eigenvalue weighted by molar-refractivity contribution is 9.10. The van der Waals surface area contributed by atoms with Crippen molar-refractivity contribution in [2.24, 2.45) is 0 Å². The molecule has 1 atom stereocenters. The van der Waals surface area contributed by atoms with Gasteiger partial charge in [0.15, 0.2) is 0 Å². The lowest BCUT2D eigenvalue weighted by Crippen LogP contribution is -2.29. The van der Waals surface area contributed by atoms with Crippen molar-refractivity contribution in [2.75, 3.05) is 0 Å². The Morgan fingerprint density at radius 2 is 2.22 bits per heavy atom. The predicted molar refractivity (Wildman–Crippen MR) is 74.4 cm³/mol. The van der Waals surface area contributed by atoms with E-state index in [4.69, 9.17) is 0 Å². The average Bonchev–Trinajstić information content (AvgIpc) is 2.37. The molecule has 0 saturated heterocycles. The molecule has 0 aliphatic heterocycles. The largest absolute Gasteiger partial charge is 0.310 e. The van der Waals surface area contributed by atoms with Crippen LogP contribution >= 0.6 is 15.9 Å². The number of hydrogen-bond donors (Lipinski definition) is 1.